The Morgan fingerprint density at radius 2 is 1.93 bits per heavy atom. The fourth-order valence-electron chi connectivity index (χ4n) is 0.734. The molecule has 0 radical (unpaired) electrons. The summed E-state index contributed by atoms with van der Waals surface area (Å²) in [4.78, 5) is 22.0. The highest BCUT2D eigenvalue weighted by Crippen LogP contribution is 2.06. The SMILES string of the molecule is CC(C)(C)OC(=O)NCC(=O)CCN. The van der Waals surface area contributed by atoms with Crippen LogP contribution < -0.4 is 11.1 Å². The second-order valence-electron chi connectivity index (χ2n) is 3.93. The normalized spacial score (nSPS) is 10.9. The zero-order valence-corrected chi connectivity index (χ0v) is 8.92. The maximum Gasteiger partial charge on any atom is 0.408 e. The maximum absolute atomic E-state index is 11.1. The van der Waals surface area contributed by atoms with Gasteiger partial charge in [0.05, 0.1) is 6.54 Å². The summed E-state index contributed by atoms with van der Waals surface area (Å²) >= 11 is 0. The second kappa shape index (κ2) is 5.59. The molecule has 0 aromatic rings. The van der Waals surface area contributed by atoms with Gasteiger partial charge in [-0.2, -0.15) is 0 Å². The number of nitrogens with one attached hydrogen (secondary N) is 1. The largest absolute Gasteiger partial charge is 0.444 e. The summed E-state index contributed by atoms with van der Waals surface area (Å²) in [5, 5.41) is 2.36. The fraction of sp³-hybridized carbons (Fsp3) is 0.778. The van der Waals surface area contributed by atoms with Gasteiger partial charge >= 0.3 is 6.09 Å². The summed E-state index contributed by atoms with van der Waals surface area (Å²) in [7, 11) is 0. The zero-order chi connectivity index (χ0) is 11.2. The van der Waals surface area contributed by atoms with Gasteiger partial charge in [0.25, 0.3) is 0 Å². The number of nitrogens with two attached hydrogens (primary N) is 1. The number of hydrogen-bond acceptors (Lipinski definition) is 4. The van der Waals surface area contributed by atoms with Crippen LogP contribution in [0.3, 0.4) is 0 Å². The zero-order valence-electron chi connectivity index (χ0n) is 8.92. The van der Waals surface area contributed by atoms with E-state index in [9.17, 15) is 9.59 Å². The Labute approximate surface area is 84.0 Å². The molecule has 0 rings (SSSR count). The Bertz CT molecular complexity index is 209. The van der Waals surface area contributed by atoms with Gasteiger partial charge in [-0.05, 0) is 27.3 Å². The molecule has 1 amide bonds. The smallest absolute Gasteiger partial charge is 0.408 e. The van der Waals surface area contributed by atoms with Crippen molar-refractivity contribution >= 4 is 11.9 Å². The van der Waals surface area contributed by atoms with Crippen LogP contribution in [0.2, 0.25) is 0 Å². The summed E-state index contributed by atoms with van der Waals surface area (Å²) in [5.74, 6) is -0.0987. The molecule has 0 saturated heterocycles. The number of ketones is 1. The van der Waals surface area contributed by atoms with Crippen molar-refractivity contribution in [3.8, 4) is 0 Å². The Balaban J connectivity index is 3.70. The van der Waals surface area contributed by atoms with E-state index in [0.717, 1.165) is 0 Å². The molecule has 0 aromatic carbocycles. The van der Waals surface area contributed by atoms with E-state index in [0.29, 0.717) is 6.54 Å². The lowest BCUT2D eigenvalue weighted by Gasteiger charge is -2.19. The van der Waals surface area contributed by atoms with E-state index in [1.165, 1.54) is 0 Å². The topological polar surface area (TPSA) is 81.4 Å². The third-order valence-corrected chi connectivity index (χ3v) is 1.25. The number of amides is 1. The van der Waals surface area contributed by atoms with Crippen LogP contribution in [0.4, 0.5) is 4.79 Å². The molecular formula is C9H18N2O3. The van der Waals surface area contributed by atoms with Gasteiger partial charge in [-0.15, -0.1) is 0 Å². The molecule has 0 spiro atoms. The summed E-state index contributed by atoms with van der Waals surface area (Å²) in [6.07, 6.45) is -0.307. The van der Waals surface area contributed by atoms with Crippen LogP contribution in [0.5, 0.6) is 0 Å². The van der Waals surface area contributed by atoms with Crippen molar-refractivity contribution in [3.05, 3.63) is 0 Å². The van der Waals surface area contributed by atoms with Crippen LogP contribution in [-0.4, -0.2) is 30.6 Å². The first-order valence-corrected chi connectivity index (χ1v) is 4.54. The first-order chi connectivity index (χ1) is 6.35. The average molecular weight is 202 g/mol. The predicted molar refractivity (Wildman–Crippen MR) is 52.9 cm³/mol. The third kappa shape index (κ3) is 7.54. The molecule has 0 saturated carbocycles. The van der Waals surface area contributed by atoms with Gasteiger partial charge in [0, 0.05) is 6.42 Å². The van der Waals surface area contributed by atoms with Crippen molar-refractivity contribution in [3.63, 3.8) is 0 Å². The molecule has 3 N–H and O–H groups in total. The van der Waals surface area contributed by atoms with Crippen molar-refractivity contribution in [1.29, 1.82) is 0 Å². The first-order valence-electron chi connectivity index (χ1n) is 4.54. The van der Waals surface area contributed by atoms with Crippen molar-refractivity contribution < 1.29 is 14.3 Å². The Hall–Kier alpha value is -1.10. The molecule has 5 heteroatoms. The quantitative estimate of drug-likeness (QED) is 0.692. The molecule has 0 atom stereocenters. The molecule has 0 heterocycles. The molecule has 0 aliphatic rings. The lowest BCUT2D eigenvalue weighted by molar-refractivity contribution is -0.118. The lowest BCUT2D eigenvalue weighted by Crippen LogP contribution is -2.35. The Morgan fingerprint density at radius 1 is 1.36 bits per heavy atom. The van der Waals surface area contributed by atoms with Crippen LogP contribution in [0.15, 0.2) is 0 Å². The molecule has 0 fully saturated rings. The van der Waals surface area contributed by atoms with Gasteiger partial charge < -0.3 is 15.8 Å². The van der Waals surface area contributed by atoms with Crippen LogP contribution in [0.25, 0.3) is 0 Å². The minimum Gasteiger partial charge on any atom is -0.444 e. The molecule has 0 unspecified atom stereocenters. The highest BCUT2D eigenvalue weighted by Gasteiger charge is 2.16. The minimum atomic E-state index is -0.581. The number of carbonyl (C=O) groups is 2. The van der Waals surface area contributed by atoms with Gasteiger partial charge in [0.15, 0.2) is 5.78 Å². The van der Waals surface area contributed by atoms with E-state index in [2.05, 4.69) is 5.32 Å². The van der Waals surface area contributed by atoms with Crippen molar-refractivity contribution in [2.45, 2.75) is 32.8 Å². The highest BCUT2D eigenvalue weighted by atomic mass is 16.6. The summed E-state index contributed by atoms with van der Waals surface area (Å²) in [5.41, 5.74) is 4.63. The van der Waals surface area contributed by atoms with E-state index in [4.69, 9.17) is 10.5 Å². The molecule has 0 bridgehead atoms. The Kier molecular flexibility index (Phi) is 5.15. The average Bonchev–Trinajstić information content (AvgIpc) is 1.98. The molecule has 5 nitrogen and oxygen atoms in total. The maximum atomic E-state index is 11.1. The standard InChI is InChI=1S/C9H18N2O3/c1-9(2,3)14-8(13)11-6-7(12)4-5-10/h4-6,10H2,1-3H3,(H,11,13). The molecule has 82 valence electrons. The van der Waals surface area contributed by atoms with Crippen LogP contribution in [-0.2, 0) is 9.53 Å². The summed E-state index contributed by atoms with van der Waals surface area (Å²) in [6, 6.07) is 0. The summed E-state index contributed by atoms with van der Waals surface area (Å²) < 4.78 is 4.93. The molecule has 0 aromatic heterocycles. The van der Waals surface area contributed by atoms with E-state index in [1.54, 1.807) is 20.8 Å². The number of carbonyl (C=O) groups excluding carboxylic acids is 2. The van der Waals surface area contributed by atoms with E-state index in [-0.39, 0.29) is 18.7 Å². The van der Waals surface area contributed by atoms with E-state index < -0.39 is 11.7 Å². The number of ether oxygens (including phenoxy) is 1. The molecule has 0 aliphatic heterocycles. The van der Waals surface area contributed by atoms with Crippen LogP contribution in [0, 0.1) is 0 Å². The molecular weight excluding hydrogens is 184 g/mol. The van der Waals surface area contributed by atoms with E-state index in [1.807, 2.05) is 0 Å². The minimum absolute atomic E-state index is 0.0217. The second-order valence-corrected chi connectivity index (χ2v) is 3.93. The monoisotopic (exact) mass is 202 g/mol. The molecule has 14 heavy (non-hydrogen) atoms. The highest BCUT2D eigenvalue weighted by molar-refractivity contribution is 5.84. The predicted octanol–water partition coefficient (Wildman–Crippen LogP) is 0.429. The third-order valence-electron chi connectivity index (χ3n) is 1.25. The van der Waals surface area contributed by atoms with Crippen molar-refractivity contribution in [2.75, 3.05) is 13.1 Å². The van der Waals surface area contributed by atoms with Gasteiger partial charge in [-0.3, -0.25) is 4.79 Å². The number of rotatable bonds is 4. The number of Topliss-reactive ketones (excluding diaryl/α,β-unsaturated/α-hetero) is 1. The van der Waals surface area contributed by atoms with Crippen molar-refractivity contribution in [2.24, 2.45) is 5.73 Å². The van der Waals surface area contributed by atoms with Crippen LogP contribution in [0.1, 0.15) is 27.2 Å². The van der Waals surface area contributed by atoms with Gasteiger partial charge in [-0.1, -0.05) is 0 Å². The number of alkyl carbamates (subject to hydrolysis) is 1. The lowest BCUT2D eigenvalue weighted by atomic mass is 10.2. The van der Waals surface area contributed by atoms with Crippen LogP contribution >= 0.6 is 0 Å². The fourth-order valence-corrected chi connectivity index (χ4v) is 0.734. The van der Waals surface area contributed by atoms with Gasteiger partial charge in [0.2, 0.25) is 0 Å². The van der Waals surface area contributed by atoms with Gasteiger partial charge in [0.1, 0.15) is 5.60 Å². The first kappa shape index (κ1) is 12.9. The van der Waals surface area contributed by atoms with Gasteiger partial charge in [-0.25, -0.2) is 4.79 Å². The molecule has 0 aliphatic carbocycles. The van der Waals surface area contributed by atoms with E-state index >= 15 is 0 Å². The number of hydrogen-bond donors (Lipinski definition) is 2. The summed E-state index contributed by atoms with van der Waals surface area (Å²) in [6.45, 7) is 5.55. The van der Waals surface area contributed by atoms with Crippen molar-refractivity contribution in [1.82, 2.24) is 5.32 Å². The Morgan fingerprint density at radius 3 is 2.36 bits per heavy atom.